The number of hydrogen-bond donors (Lipinski definition) is 1. The molecule has 1 aliphatic heterocycles. The van der Waals surface area contributed by atoms with Crippen LogP contribution in [0.5, 0.6) is 0 Å². The Labute approximate surface area is 78.6 Å². The van der Waals surface area contributed by atoms with Crippen molar-refractivity contribution in [3.63, 3.8) is 0 Å². The smallest absolute Gasteiger partial charge is 0.0654 e. The summed E-state index contributed by atoms with van der Waals surface area (Å²) >= 11 is 0. The number of rotatable bonds is 2. The first kappa shape index (κ1) is 8.51. The Kier molecular flexibility index (Phi) is 2.19. The third-order valence-corrected chi connectivity index (χ3v) is 2.33. The fourth-order valence-corrected chi connectivity index (χ4v) is 1.81. The second kappa shape index (κ2) is 3.34. The Bertz CT molecular complexity index is 296. The van der Waals surface area contributed by atoms with Gasteiger partial charge in [0.25, 0.3) is 0 Å². The van der Waals surface area contributed by atoms with E-state index in [1.165, 1.54) is 11.4 Å². The number of nitrogens with two attached hydrogens (primary N) is 1. The van der Waals surface area contributed by atoms with Crippen molar-refractivity contribution in [2.45, 2.75) is 19.4 Å². The Balaban J connectivity index is 2.18. The molecule has 0 bridgehead atoms. The van der Waals surface area contributed by atoms with Crippen molar-refractivity contribution in [1.29, 1.82) is 0 Å². The topological polar surface area (TPSA) is 42.1 Å². The Morgan fingerprint density at radius 1 is 1.69 bits per heavy atom. The van der Waals surface area contributed by atoms with Crippen LogP contribution in [-0.2, 0) is 6.42 Å². The Hall–Kier alpha value is -1.09. The first-order valence-corrected chi connectivity index (χ1v) is 4.72. The minimum Gasteiger partial charge on any atom is -0.368 e. The van der Waals surface area contributed by atoms with Crippen molar-refractivity contribution in [1.82, 2.24) is 4.98 Å². The molecule has 3 heteroatoms. The Morgan fingerprint density at radius 3 is 3.31 bits per heavy atom. The van der Waals surface area contributed by atoms with E-state index in [1.54, 1.807) is 0 Å². The normalized spacial score (nSPS) is 17.2. The van der Waals surface area contributed by atoms with E-state index in [0.29, 0.717) is 0 Å². The van der Waals surface area contributed by atoms with Crippen LogP contribution < -0.4 is 10.6 Å². The van der Waals surface area contributed by atoms with Gasteiger partial charge in [0.15, 0.2) is 0 Å². The first-order valence-electron chi connectivity index (χ1n) is 4.72. The van der Waals surface area contributed by atoms with Crippen molar-refractivity contribution in [2.24, 2.45) is 5.73 Å². The monoisotopic (exact) mass is 177 g/mol. The highest BCUT2D eigenvalue weighted by atomic mass is 15.2. The molecular formula is C10H15N3. The van der Waals surface area contributed by atoms with Gasteiger partial charge in [0.2, 0.25) is 0 Å². The molecule has 1 aromatic rings. The molecule has 2 rings (SSSR count). The van der Waals surface area contributed by atoms with Gasteiger partial charge in [-0.1, -0.05) is 0 Å². The maximum Gasteiger partial charge on any atom is 0.0654 e. The van der Waals surface area contributed by atoms with Crippen LogP contribution in [0, 0.1) is 0 Å². The second-order valence-corrected chi connectivity index (χ2v) is 3.64. The van der Waals surface area contributed by atoms with Gasteiger partial charge in [-0.3, -0.25) is 4.98 Å². The molecule has 0 fully saturated rings. The van der Waals surface area contributed by atoms with E-state index in [2.05, 4.69) is 16.0 Å². The number of aromatic nitrogens is 1. The largest absolute Gasteiger partial charge is 0.368 e. The van der Waals surface area contributed by atoms with Crippen molar-refractivity contribution in [3.8, 4) is 0 Å². The van der Waals surface area contributed by atoms with E-state index >= 15 is 0 Å². The van der Waals surface area contributed by atoms with E-state index in [-0.39, 0.29) is 6.04 Å². The average molecular weight is 177 g/mol. The van der Waals surface area contributed by atoms with Gasteiger partial charge < -0.3 is 10.6 Å². The molecule has 1 aromatic heterocycles. The summed E-state index contributed by atoms with van der Waals surface area (Å²) in [6.45, 7) is 4.03. The summed E-state index contributed by atoms with van der Waals surface area (Å²) < 4.78 is 0. The summed E-state index contributed by atoms with van der Waals surface area (Å²) in [4.78, 5) is 6.65. The summed E-state index contributed by atoms with van der Waals surface area (Å²) in [6, 6.07) is 4.34. The van der Waals surface area contributed by atoms with Crippen LogP contribution in [0.3, 0.4) is 0 Å². The van der Waals surface area contributed by atoms with Crippen molar-refractivity contribution in [3.05, 3.63) is 24.0 Å². The molecule has 3 nitrogen and oxygen atoms in total. The number of nitrogens with zero attached hydrogens (tertiary/aromatic N) is 2. The molecule has 0 amide bonds. The molecule has 70 valence electrons. The van der Waals surface area contributed by atoms with Gasteiger partial charge in [0.1, 0.15) is 0 Å². The van der Waals surface area contributed by atoms with Gasteiger partial charge in [-0.25, -0.2) is 0 Å². The SMILES string of the molecule is CC(N)CN1CCc2ncccc21. The van der Waals surface area contributed by atoms with Crippen molar-refractivity contribution >= 4 is 5.69 Å². The molecule has 0 saturated heterocycles. The molecule has 0 aliphatic carbocycles. The van der Waals surface area contributed by atoms with E-state index < -0.39 is 0 Å². The molecule has 0 spiro atoms. The lowest BCUT2D eigenvalue weighted by Crippen LogP contribution is -2.34. The highest BCUT2D eigenvalue weighted by Crippen LogP contribution is 2.24. The molecule has 2 heterocycles. The standard InChI is InChI=1S/C10H15N3/c1-8(11)7-13-6-4-9-10(13)3-2-5-12-9/h2-3,5,8H,4,6-7,11H2,1H3. The first-order chi connectivity index (χ1) is 6.27. The summed E-state index contributed by atoms with van der Waals surface area (Å²) in [7, 11) is 0. The predicted molar refractivity (Wildman–Crippen MR) is 53.8 cm³/mol. The van der Waals surface area contributed by atoms with Crippen LogP contribution in [0.2, 0.25) is 0 Å². The minimum atomic E-state index is 0.228. The van der Waals surface area contributed by atoms with E-state index in [9.17, 15) is 0 Å². The predicted octanol–water partition coefficient (Wildman–Crippen LogP) is 0.791. The number of hydrogen-bond acceptors (Lipinski definition) is 3. The van der Waals surface area contributed by atoms with Crippen LogP contribution in [0.25, 0.3) is 0 Å². The average Bonchev–Trinajstić information content (AvgIpc) is 2.48. The summed E-state index contributed by atoms with van der Waals surface area (Å²) in [5.74, 6) is 0. The molecule has 0 aromatic carbocycles. The lowest BCUT2D eigenvalue weighted by Gasteiger charge is -2.20. The maximum atomic E-state index is 5.77. The Morgan fingerprint density at radius 2 is 2.54 bits per heavy atom. The highest BCUT2D eigenvalue weighted by molar-refractivity contribution is 5.54. The minimum absolute atomic E-state index is 0.228. The maximum absolute atomic E-state index is 5.77. The van der Waals surface area contributed by atoms with Gasteiger partial charge in [0.05, 0.1) is 11.4 Å². The van der Waals surface area contributed by atoms with E-state index in [4.69, 9.17) is 5.73 Å². The summed E-state index contributed by atoms with van der Waals surface area (Å²) in [6.07, 6.45) is 2.91. The van der Waals surface area contributed by atoms with E-state index in [0.717, 1.165) is 19.5 Å². The third kappa shape index (κ3) is 1.65. The zero-order chi connectivity index (χ0) is 9.26. The highest BCUT2D eigenvalue weighted by Gasteiger charge is 2.19. The molecule has 1 aliphatic rings. The molecule has 1 unspecified atom stereocenters. The van der Waals surface area contributed by atoms with Crippen LogP contribution >= 0.6 is 0 Å². The quantitative estimate of drug-likeness (QED) is 0.726. The lowest BCUT2D eigenvalue weighted by atomic mass is 10.3. The number of fused-ring (bicyclic) bond motifs is 1. The molecule has 0 saturated carbocycles. The molecule has 1 atom stereocenters. The summed E-state index contributed by atoms with van der Waals surface area (Å²) in [5, 5.41) is 0. The third-order valence-electron chi connectivity index (χ3n) is 2.33. The van der Waals surface area contributed by atoms with Crippen molar-refractivity contribution < 1.29 is 0 Å². The van der Waals surface area contributed by atoms with Crippen LogP contribution in [0.15, 0.2) is 18.3 Å². The van der Waals surface area contributed by atoms with Gasteiger partial charge >= 0.3 is 0 Å². The van der Waals surface area contributed by atoms with Crippen LogP contribution in [0.1, 0.15) is 12.6 Å². The van der Waals surface area contributed by atoms with Crippen LogP contribution in [0.4, 0.5) is 5.69 Å². The number of pyridine rings is 1. The number of anilines is 1. The molecule has 0 radical (unpaired) electrons. The second-order valence-electron chi connectivity index (χ2n) is 3.64. The lowest BCUT2D eigenvalue weighted by molar-refractivity contribution is 0.693. The summed E-state index contributed by atoms with van der Waals surface area (Å²) in [5.41, 5.74) is 8.24. The van der Waals surface area contributed by atoms with E-state index in [1.807, 2.05) is 19.2 Å². The molecule has 2 N–H and O–H groups in total. The molecular weight excluding hydrogens is 162 g/mol. The van der Waals surface area contributed by atoms with Gasteiger partial charge in [-0.2, -0.15) is 0 Å². The molecule has 13 heavy (non-hydrogen) atoms. The van der Waals surface area contributed by atoms with Gasteiger partial charge in [0, 0.05) is 31.7 Å². The van der Waals surface area contributed by atoms with Gasteiger partial charge in [-0.15, -0.1) is 0 Å². The zero-order valence-electron chi connectivity index (χ0n) is 7.90. The van der Waals surface area contributed by atoms with Gasteiger partial charge in [-0.05, 0) is 19.1 Å². The van der Waals surface area contributed by atoms with Crippen LogP contribution in [-0.4, -0.2) is 24.1 Å². The fourth-order valence-electron chi connectivity index (χ4n) is 1.81. The fraction of sp³-hybridized carbons (Fsp3) is 0.500. The van der Waals surface area contributed by atoms with Crippen molar-refractivity contribution in [2.75, 3.05) is 18.0 Å². The zero-order valence-corrected chi connectivity index (χ0v) is 7.90.